The molecule has 1 fully saturated rings. The van der Waals surface area contributed by atoms with Crippen LogP contribution in [-0.2, 0) is 9.59 Å². The van der Waals surface area contributed by atoms with E-state index >= 15 is 0 Å². The molecule has 0 saturated heterocycles. The van der Waals surface area contributed by atoms with Crippen molar-refractivity contribution in [1.29, 1.82) is 0 Å². The second kappa shape index (κ2) is 7.47. The highest BCUT2D eigenvalue weighted by Crippen LogP contribution is 2.39. The lowest BCUT2D eigenvalue weighted by molar-refractivity contribution is -0.122. The third-order valence-corrected chi connectivity index (χ3v) is 6.13. The predicted octanol–water partition coefficient (Wildman–Crippen LogP) is 4.78. The number of hydrogen-bond acceptors (Lipinski definition) is 3. The molecule has 29 heavy (non-hydrogen) atoms. The van der Waals surface area contributed by atoms with Crippen molar-refractivity contribution in [2.45, 2.75) is 47.0 Å². The summed E-state index contributed by atoms with van der Waals surface area (Å²) in [5, 5.41) is 2.94. The molecular formula is C24H27N3O2. The zero-order valence-corrected chi connectivity index (χ0v) is 17.5. The van der Waals surface area contributed by atoms with Crippen LogP contribution >= 0.6 is 0 Å². The normalized spacial score (nSPS) is 18.1. The predicted molar refractivity (Wildman–Crippen MR) is 117 cm³/mol. The summed E-state index contributed by atoms with van der Waals surface area (Å²) in [7, 11) is 0. The van der Waals surface area contributed by atoms with Crippen LogP contribution in [0.1, 0.15) is 41.5 Å². The Bertz CT molecular complexity index is 1040. The minimum Gasteiger partial charge on any atom is -0.325 e. The van der Waals surface area contributed by atoms with E-state index in [0.29, 0.717) is 0 Å². The molecule has 0 bridgehead atoms. The molecule has 0 radical (unpaired) electrons. The lowest BCUT2D eigenvalue weighted by Gasteiger charge is -2.25. The topological polar surface area (TPSA) is 61.8 Å². The van der Waals surface area contributed by atoms with E-state index in [-0.39, 0.29) is 24.3 Å². The van der Waals surface area contributed by atoms with Crippen LogP contribution in [0.4, 0.5) is 17.1 Å². The number of fused-ring (bicyclic) bond motifs is 2. The number of aryl methyl sites for hydroxylation is 4. The third-order valence-electron chi connectivity index (χ3n) is 6.13. The van der Waals surface area contributed by atoms with Crippen molar-refractivity contribution < 1.29 is 9.59 Å². The van der Waals surface area contributed by atoms with Crippen LogP contribution in [-0.4, -0.2) is 24.1 Å². The van der Waals surface area contributed by atoms with Crippen LogP contribution in [0, 0.1) is 33.6 Å². The molecule has 2 aliphatic rings. The van der Waals surface area contributed by atoms with Crippen molar-refractivity contribution in [2.24, 2.45) is 10.9 Å². The van der Waals surface area contributed by atoms with Gasteiger partial charge in [0.2, 0.25) is 11.8 Å². The van der Waals surface area contributed by atoms with Gasteiger partial charge in [-0.1, -0.05) is 6.07 Å². The maximum absolute atomic E-state index is 13.3. The van der Waals surface area contributed by atoms with Gasteiger partial charge >= 0.3 is 0 Å². The maximum Gasteiger partial charge on any atom is 0.244 e. The fourth-order valence-corrected chi connectivity index (χ4v) is 4.11. The molecule has 0 aromatic heterocycles. The molecule has 1 N–H and O–H groups in total. The average Bonchev–Trinajstić information content (AvgIpc) is 3.10. The lowest BCUT2D eigenvalue weighted by Crippen LogP contribution is -2.42. The smallest absolute Gasteiger partial charge is 0.244 e. The first-order chi connectivity index (χ1) is 13.8. The van der Waals surface area contributed by atoms with E-state index in [0.717, 1.165) is 58.7 Å². The second-order valence-corrected chi connectivity index (χ2v) is 8.24. The molecule has 2 amide bonds. The number of aliphatic imine (C=N–C) groups is 1. The number of rotatable bonds is 3. The van der Waals surface area contributed by atoms with E-state index in [1.807, 2.05) is 58.0 Å². The fraction of sp³-hybridized carbons (Fsp3) is 0.375. The van der Waals surface area contributed by atoms with Crippen LogP contribution in [0.2, 0.25) is 0 Å². The molecule has 5 nitrogen and oxygen atoms in total. The summed E-state index contributed by atoms with van der Waals surface area (Å²) in [5.41, 5.74) is 7.75. The standard InChI is InChI=1S/C24H27N3O2/c1-14-8-9-18(10-15(14)2)25-23(28)13-27-22-12-17(4)16(3)11-21(22)26-20-7-5-6-19(20)24(27)29/h8-12,19H,5-7,13H2,1-4H3,(H,25,28)/t19-/m1/s1. The summed E-state index contributed by atoms with van der Waals surface area (Å²) in [6.45, 7) is 8.11. The van der Waals surface area contributed by atoms with Gasteiger partial charge in [-0.2, -0.15) is 0 Å². The second-order valence-electron chi connectivity index (χ2n) is 8.24. The Labute approximate surface area is 171 Å². The number of carbonyl (C=O) groups excluding carboxylic acids is 2. The largest absolute Gasteiger partial charge is 0.325 e. The summed E-state index contributed by atoms with van der Waals surface area (Å²) in [5.74, 6) is -0.428. The Morgan fingerprint density at radius 3 is 2.55 bits per heavy atom. The number of anilines is 2. The zero-order chi connectivity index (χ0) is 20.7. The zero-order valence-electron chi connectivity index (χ0n) is 17.5. The molecule has 2 aromatic carbocycles. The van der Waals surface area contributed by atoms with Gasteiger partial charge in [-0.25, -0.2) is 0 Å². The van der Waals surface area contributed by atoms with Crippen molar-refractivity contribution in [3.8, 4) is 0 Å². The molecule has 1 aliphatic carbocycles. The Hall–Kier alpha value is -2.95. The Kier molecular flexibility index (Phi) is 4.99. The molecule has 0 spiro atoms. The lowest BCUT2D eigenvalue weighted by atomic mass is 10.0. The number of benzene rings is 2. The SMILES string of the molecule is Cc1ccc(NC(=O)CN2C(=O)[C@@H]3CCCC3=Nc3cc(C)c(C)cc32)cc1C. The minimum absolute atomic E-state index is 0.0133. The summed E-state index contributed by atoms with van der Waals surface area (Å²) in [6, 6.07) is 9.85. The quantitative estimate of drug-likeness (QED) is 0.821. The van der Waals surface area contributed by atoms with Gasteiger partial charge in [0.1, 0.15) is 6.54 Å². The maximum atomic E-state index is 13.3. The molecule has 1 heterocycles. The number of hydrogen-bond donors (Lipinski definition) is 1. The summed E-state index contributed by atoms with van der Waals surface area (Å²) in [6.07, 6.45) is 2.63. The van der Waals surface area contributed by atoms with Crippen molar-refractivity contribution in [3.05, 3.63) is 52.6 Å². The first kappa shape index (κ1) is 19.4. The van der Waals surface area contributed by atoms with E-state index < -0.39 is 0 Å². The molecular weight excluding hydrogens is 362 g/mol. The van der Waals surface area contributed by atoms with Crippen molar-refractivity contribution in [2.75, 3.05) is 16.8 Å². The van der Waals surface area contributed by atoms with Crippen LogP contribution in [0.25, 0.3) is 0 Å². The fourth-order valence-electron chi connectivity index (χ4n) is 4.11. The molecule has 150 valence electrons. The van der Waals surface area contributed by atoms with Gasteiger partial charge in [0.05, 0.1) is 17.3 Å². The molecule has 0 unspecified atom stereocenters. The van der Waals surface area contributed by atoms with Crippen LogP contribution in [0.15, 0.2) is 35.3 Å². The molecule has 1 aliphatic heterocycles. The van der Waals surface area contributed by atoms with E-state index in [1.165, 1.54) is 5.56 Å². The van der Waals surface area contributed by atoms with Crippen molar-refractivity contribution in [1.82, 2.24) is 0 Å². The van der Waals surface area contributed by atoms with Gasteiger partial charge in [0.15, 0.2) is 0 Å². The number of amides is 2. The third kappa shape index (κ3) is 3.69. The average molecular weight is 389 g/mol. The van der Waals surface area contributed by atoms with Crippen LogP contribution < -0.4 is 10.2 Å². The van der Waals surface area contributed by atoms with Crippen LogP contribution in [0.3, 0.4) is 0 Å². The molecule has 1 atom stereocenters. The van der Waals surface area contributed by atoms with E-state index in [4.69, 9.17) is 4.99 Å². The Morgan fingerprint density at radius 2 is 1.79 bits per heavy atom. The van der Waals surface area contributed by atoms with Crippen molar-refractivity contribution in [3.63, 3.8) is 0 Å². The first-order valence-electron chi connectivity index (χ1n) is 10.2. The van der Waals surface area contributed by atoms with E-state index in [1.54, 1.807) is 4.90 Å². The summed E-state index contributed by atoms with van der Waals surface area (Å²) < 4.78 is 0. The van der Waals surface area contributed by atoms with Gasteiger partial charge in [-0.15, -0.1) is 0 Å². The van der Waals surface area contributed by atoms with Crippen LogP contribution in [0.5, 0.6) is 0 Å². The number of nitrogens with zero attached hydrogens (tertiary/aromatic N) is 2. The van der Waals surface area contributed by atoms with Gasteiger partial charge in [-0.05, 0) is 93.5 Å². The van der Waals surface area contributed by atoms with Gasteiger partial charge < -0.3 is 10.2 Å². The summed E-state index contributed by atoms with van der Waals surface area (Å²) in [4.78, 5) is 32.7. The van der Waals surface area contributed by atoms with E-state index in [2.05, 4.69) is 5.32 Å². The highest BCUT2D eigenvalue weighted by Gasteiger charge is 2.37. The Morgan fingerprint density at radius 1 is 1.07 bits per heavy atom. The highest BCUT2D eigenvalue weighted by molar-refractivity contribution is 6.17. The molecule has 1 saturated carbocycles. The Balaban J connectivity index is 1.65. The molecule has 4 rings (SSSR count). The number of nitrogens with one attached hydrogen (secondary N) is 1. The van der Waals surface area contributed by atoms with Gasteiger partial charge in [0, 0.05) is 11.4 Å². The van der Waals surface area contributed by atoms with E-state index in [9.17, 15) is 9.59 Å². The minimum atomic E-state index is -0.211. The first-order valence-corrected chi connectivity index (χ1v) is 10.2. The highest BCUT2D eigenvalue weighted by atomic mass is 16.2. The monoisotopic (exact) mass is 389 g/mol. The van der Waals surface area contributed by atoms with Crippen molar-refractivity contribution >= 4 is 34.6 Å². The van der Waals surface area contributed by atoms with Gasteiger partial charge in [-0.3, -0.25) is 14.6 Å². The number of carbonyl (C=O) groups is 2. The summed E-state index contributed by atoms with van der Waals surface area (Å²) >= 11 is 0. The van der Waals surface area contributed by atoms with Gasteiger partial charge in [0.25, 0.3) is 0 Å². The molecule has 5 heteroatoms. The molecule has 2 aromatic rings.